The number of thioether (sulfide) groups is 1. The molecule has 0 heterocycles. The number of alkyl halides is 1. The molecule has 3 fully saturated rings. The van der Waals surface area contributed by atoms with Crippen molar-refractivity contribution in [2.24, 2.45) is 28.6 Å². The predicted octanol–water partition coefficient (Wildman–Crippen LogP) is 5.58. The Morgan fingerprint density at radius 3 is 2.49 bits per heavy atom. The highest BCUT2D eigenvalue weighted by Crippen LogP contribution is 2.71. The SMILES string of the molecule is CCC(=O)O[C@]1(C(=O)SCC(=O)c2ccc(F)cc2)[C@H](C)C[C@H]2[C@@H]3CCC4=CC(=O)C=C[C@]4(C)[C@@]3(F)[C@@H](O)C[C@@]21C. The van der Waals surface area contributed by atoms with Gasteiger partial charge in [-0.15, -0.1) is 0 Å². The summed E-state index contributed by atoms with van der Waals surface area (Å²) in [4.78, 5) is 52.0. The lowest BCUT2D eigenvalue weighted by Crippen LogP contribution is -2.69. The zero-order valence-corrected chi connectivity index (χ0v) is 24.6. The molecule has 3 saturated carbocycles. The second-order valence-electron chi connectivity index (χ2n) is 12.5. The number of ether oxygens (including phenoxy) is 1. The zero-order valence-electron chi connectivity index (χ0n) is 23.7. The molecule has 6 nitrogen and oxygen atoms in total. The van der Waals surface area contributed by atoms with Crippen molar-refractivity contribution in [3.8, 4) is 0 Å². The van der Waals surface area contributed by atoms with Crippen LogP contribution >= 0.6 is 11.8 Å². The van der Waals surface area contributed by atoms with Crippen molar-refractivity contribution in [1.29, 1.82) is 0 Å². The minimum atomic E-state index is -2.09. The molecule has 1 N–H and O–H groups in total. The molecule has 8 atom stereocenters. The fraction of sp³-hybridized carbons (Fsp3) is 0.562. The van der Waals surface area contributed by atoms with Crippen LogP contribution in [0.15, 0.2) is 48.1 Å². The van der Waals surface area contributed by atoms with Gasteiger partial charge in [0, 0.05) is 34.7 Å². The van der Waals surface area contributed by atoms with Gasteiger partial charge in [-0.3, -0.25) is 19.2 Å². The molecular weight excluding hydrogens is 550 g/mol. The minimum absolute atomic E-state index is 0.0196. The Morgan fingerprint density at radius 1 is 1.15 bits per heavy atom. The highest BCUT2D eigenvalue weighted by atomic mass is 32.2. The lowest BCUT2D eigenvalue weighted by atomic mass is 9.45. The van der Waals surface area contributed by atoms with Crippen molar-refractivity contribution in [1.82, 2.24) is 0 Å². The quantitative estimate of drug-likeness (QED) is 0.344. The molecular formula is C32H36F2O6S. The third kappa shape index (κ3) is 4.21. The van der Waals surface area contributed by atoms with Gasteiger partial charge >= 0.3 is 5.97 Å². The van der Waals surface area contributed by atoms with E-state index in [2.05, 4.69) is 0 Å². The number of aliphatic hydroxyl groups excluding tert-OH is 1. The number of ketones is 2. The maximum Gasteiger partial charge on any atom is 0.306 e. The van der Waals surface area contributed by atoms with Crippen molar-refractivity contribution < 1.29 is 37.8 Å². The van der Waals surface area contributed by atoms with Crippen LogP contribution in [0.5, 0.6) is 0 Å². The van der Waals surface area contributed by atoms with Crippen molar-refractivity contribution in [3.05, 3.63) is 59.4 Å². The van der Waals surface area contributed by atoms with E-state index in [1.807, 2.05) is 6.92 Å². The summed E-state index contributed by atoms with van der Waals surface area (Å²) in [6.07, 6.45) is 4.06. The maximum atomic E-state index is 17.5. The lowest BCUT2D eigenvalue weighted by molar-refractivity contribution is -0.225. The molecule has 4 aliphatic carbocycles. The third-order valence-corrected chi connectivity index (χ3v) is 11.5. The van der Waals surface area contributed by atoms with Gasteiger partial charge in [0.15, 0.2) is 22.8 Å². The highest BCUT2D eigenvalue weighted by molar-refractivity contribution is 8.14. The van der Waals surface area contributed by atoms with Crippen molar-refractivity contribution in [3.63, 3.8) is 0 Å². The van der Waals surface area contributed by atoms with Gasteiger partial charge in [0.05, 0.1) is 11.9 Å². The molecule has 9 heteroatoms. The summed E-state index contributed by atoms with van der Waals surface area (Å²) in [5, 5.41) is 11.2. The fourth-order valence-electron chi connectivity index (χ4n) is 8.43. The lowest BCUT2D eigenvalue weighted by Gasteiger charge is -2.62. The normalized spacial score (nSPS) is 39.3. The van der Waals surface area contributed by atoms with Crippen LogP contribution in [0.3, 0.4) is 0 Å². The minimum Gasteiger partial charge on any atom is -0.449 e. The summed E-state index contributed by atoms with van der Waals surface area (Å²) in [5.41, 5.74) is -5.14. The third-order valence-electron chi connectivity index (χ3n) is 10.5. The first kappa shape index (κ1) is 29.8. The number of hydrogen-bond donors (Lipinski definition) is 1. The summed E-state index contributed by atoms with van der Waals surface area (Å²) in [5.74, 6) is -3.45. The Hall–Kier alpha value is -2.65. The van der Waals surface area contributed by atoms with Crippen molar-refractivity contribution in [2.75, 3.05) is 5.75 Å². The van der Waals surface area contributed by atoms with Gasteiger partial charge in [-0.2, -0.15) is 0 Å². The number of benzene rings is 1. The van der Waals surface area contributed by atoms with E-state index in [4.69, 9.17) is 4.74 Å². The van der Waals surface area contributed by atoms with E-state index in [1.54, 1.807) is 26.8 Å². The predicted molar refractivity (Wildman–Crippen MR) is 150 cm³/mol. The number of fused-ring (bicyclic) bond motifs is 5. The molecule has 0 amide bonds. The monoisotopic (exact) mass is 586 g/mol. The number of halogens is 2. The van der Waals surface area contributed by atoms with Crippen LogP contribution in [0.1, 0.15) is 70.2 Å². The number of aliphatic hydroxyl groups is 1. The van der Waals surface area contributed by atoms with E-state index in [0.717, 1.165) is 11.8 Å². The van der Waals surface area contributed by atoms with Crippen LogP contribution in [-0.4, -0.2) is 50.9 Å². The molecule has 0 saturated heterocycles. The smallest absolute Gasteiger partial charge is 0.306 e. The Kier molecular flexibility index (Phi) is 7.47. The fourth-order valence-corrected chi connectivity index (χ4v) is 9.55. The summed E-state index contributed by atoms with van der Waals surface area (Å²) >= 11 is 0.745. The Bertz CT molecular complexity index is 1360. The van der Waals surface area contributed by atoms with E-state index in [9.17, 15) is 28.7 Å². The van der Waals surface area contributed by atoms with Gasteiger partial charge in [0.2, 0.25) is 5.12 Å². The highest BCUT2D eigenvalue weighted by Gasteiger charge is 2.77. The van der Waals surface area contributed by atoms with Crippen LogP contribution in [0.2, 0.25) is 0 Å². The topological polar surface area (TPSA) is 97.7 Å². The second kappa shape index (κ2) is 10.3. The molecule has 0 bridgehead atoms. The Morgan fingerprint density at radius 2 is 1.83 bits per heavy atom. The largest absolute Gasteiger partial charge is 0.449 e. The average molecular weight is 587 g/mol. The molecule has 220 valence electrons. The number of esters is 1. The van der Waals surface area contributed by atoms with Crippen LogP contribution in [-0.2, 0) is 19.1 Å². The Labute approximate surface area is 243 Å². The average Bonchev–Trinajstić information content (AvgIpc) is 3.15. The first-order valence-electron chi connectivity index (χ1n) is 14.2. The molecule has 1 aromatic carbocycles. The molecule has 5 rings (SSSR count). The van der Waals surface area contributed by atoms with Gasteiger partial charge < -0.3 is 9.84 Å². The zero-order chi connectivity index (χ0) is 30.0. The summed E-state index contributed by atoms with van der Waals surface area (Å²) < 4.78 is 36.9. The van der Waals surface area contributed by atoms with Gasteiger partial charge in [-0.05, 0) is 74.9 Å². The van der Waals surface area contributed by atoms with E-state index < -0.39 is 62.9 Å². The number of Topliss-reactive ketones (excluding diaryl/α,β-unsaturated/α-hetero) is 1. The van der Waals surface area contributed by atoms with Crippen LogP contribution in [0, 0.1) is 34.4 Å². The molecule has 0 aromatic heterocycles. The van der Waals surface area contributed by atoms with Gasteiger partial charge in [0.25, 0.3) is 0 Å². The summed E-state index contributed by atoms with van der Waals surface area (Å²) in [6, 6.07) is 5.04. The molecule has 0 unspecified atom stereocenters. The Balaban J connectivity index is 1.51. The number of allylic oxidation sites excluding steroid dienone is 4. The molecule has 41 heavy (non-hydrogen) atoms. The van der Waals surface area contributed by atoms with Crippen molar-refractivity contribution >= 4 is 34.4 Å². The first-order valence-corrected chi connectivity index (χ1v) is 15.2. The van der Waals surface area contributed by atoms with Crippen LogP contribution < -0.4 is 0 Å². The van der Waals surface area contributed by atoms with Crippen molar-refractivity contribution in [2.45, 2.75) is 77.2 Å². The van der Waals surface area contributed by atoms with Gasteiger partial charge in [-0.25, -0.2) is 8.78 Å². The molecule has 0 radical (unpaired) electrons. The van der Waals surface area contributed by atoms with Gasteiger partial charge in [-0.1, -0.05) is 44.2 Å². The summed E-state index contributed by atoms with van der Waals surface area (Å²) in [6.45, 7) is 6.97. The molecule has 0 aliphatic heterocycles. The summed E-state index contributed by atoms with van der Waals surface area (Å²) in [7, 11) is 0. The maximum absolute atomic E-state index is 17.5. The van der Waals surface area contributed by atoms with E-state index >= 15 is 4.39 Å². The van der Waals surface area contributed by atoms with Crippen LogP contribution in [0.25, 0.3) is 0 Å². The molecule has 4 aliphatic rings. The molecule has 0 spiro atoms. The van der Waals surface area contributed by atoms with E-state index in [0.29, 0.717) is 24.8 Å². The number of hydrogen-bond acceptors (Lipinski definition) is 7. The number of rotatable bonds is 6. The first-order chi connectivity index (χ1) is 19.2. The van der Waals surface area contributed by atoms with Gasteiger partial charge in [0.1, 0.15) is 5.82 Å². The number of carbonyl (C=O) groups is 4. The second-order valence-corrected chi connectivity index (χ2v) is 13.4. The van der Waals surface area contributed by atoms with E-state index in [1.165, 1.54) is 36.4 Å². The van der Waals surface area contributed by atoms with E-state index in [-0.39, 0.29) is 35.7 Å². The van der Waals surface area contributed by atoms with Crippen LogP contribution in [0.4, 0.5) is 8.78 Å². The number of carbonyl (C=O) groups excluding carboxylic acids is 4. The standard InChI is InChI=1S/C32H36F2O6S/c1-5-27(38)40-32(28(39)41-17-25(36)19-6-9-21(33)10-7-19)18(2)14-24-23-11-8-20-15-22(35)12-13-29(20,3)31(23,34)26(37)16-30(24,32)4/h6-7,9-10,12-13,15,18,23-24,26,37H,5,8,11,14,16-17H2,1-4H3/t18-,23+,24+,26+,29+,30+,31+,32+/m1/s1. The molecule has 1 aromatic rings.